The first kappa shape index (κ1) is 15.4. The molecule has 0 aliphatic carbocycles. The fourth-order valence-corrected chi connectivity index (χ4v) is 2.64. The molecule has 1 unspecified atom stereocenters. The van der Waals surface area contributed by atoms with E-state index in [4.69, 9.17) is 22.1 Å². The van der Waals surface area contributed by atoms with Gasteiger partial charge in [-0.3, -0.25) is 0 Å². The van der Waals surface area contributed by atoms with Crippen molar-refractivity contribution in [1.82, 2.24) is 0 Å². The van der Waals surface area contributed by atoms with Crippen molar-refractivity contribution < 1.29 is 4.74 Å². The third-order valence-corrected chi connectivity index (χ3v) is 3.90. The van der Waals surface area contributed by atoms with E-state index in [2.05, 4.69) is 28.1 Å². The van der Waals surface area contributed by atoms with Crippen molar-refractivity contribution in [2.24, 2.45) is 5.73 Å². The van der Waals surface area contributed by atoms with E-state index >= 15 is 0 Å². The Morgan fingerprint density at radius 3 is 2.50 bits per heavy atom. The molecule has 0 heterocycles. The van der Waals surface area contributed by atoms with Crippen LogP contribution in [0, 0.1) is 0 Å². The molecule has 20 heavy (non-hydrogen) atoms. The van der Waals surface area contributed by atoms with E-state index in [0.29, 0.717) is 5.02 Å². The minimum Gasteiger partial charge on any atom is -0.496 e. The highest BCUT2D eigenvalue weighted by molar-refractivity contribution is 9.10. The monoisotopic (exact) mass is 353 g/mol. The Morgan fingerprint density at radius 2 is 1.85 bits per heavy atom. The Kier molecular flexibility index (Phi) is 5.46. The van der Waals surface area contributed by atoms with Crippen LogP contribution in [0.1, 0.15) is 11.1 Å². The predicted molar refractivity (Wildman–Crippen MR) is 87.5 cm³/mol. The molecule has 0 aromatic heterocycles. The molecule has 0 aliphatic rings. The average Bonchev–Trinajstić information content (AvgIpc) is 2.41. The van der Waals surface area contributed by atoms with Gasteiger partial charge in [-0.1, -0.05) is 39.7 Å². The SMILES string of the molecule is COc1ccc(Cl)cc1CC(N)Cc1ccc(Br)cc1. The number of benzene rings is 2. The van der Waals surface area contributed by atoms with Gasteiger partial charge in [-0.05, 0) is 54.3 Å². The van der Waals surface area contributed by atoms with Crippen molar-refractivity contribution in [3.63, 3.8) is 0 Å². The molecule has 2 N–H and O–H groups in total. The maximum atomic E-state index is 6.24. The summed E-state index contributed by atoms with van der Waals surface area (Å²) < 4.78 is 6.42. The Hall–Kier alpha value is -1.03. The summed E-state index contributed by atoms with van der Waals surface area (Å²) in [4.78, 5) is 0. The van der Waals surface area contributed by atoms with Crippen molar-refractivity contribution in [3.05, 3.63) is 63.1 Å². The predicted octanol–water partition coefficient (Wildman–Crippen LogP) is 4.22. The number of rotatable bonds is 5. The van der Waals surface area contributed by atoms with Crippen LogP contribution in [0.5, 0.6) is 5.75 Å². The van der Waals surface area contributed by atoms with E-state index in [9.17, 15) is 0 Å². The molecule has 2 aromatic carbocycles. The fourth-order valence-electron chi connectivity index (χ4n) is 2.18. The van der Waals surface area contributed by atoms with E-state index in [1.165, 1.54) is 5.56 Å². The summed E-state index contributed by atoms with van der Waals surface area (Å²) in [5, 5.41) is 0.705. The molecule has 2 aromatic rings. The highest BCUT2D eigenvalue weighted by atomic mass is 79.9. The normalized spacial score (nSPS) is 12.2. The summed E-state index contributed by atoms with van der Waals surface area (Å²) in [7, 11) is 1.66. The van der Waals surface area contributed by atoms with Crippen molar-refractivity contribution in [3.8, 4) is 5.75 Å². The highest BCUT2D eigenvalue weighted by Gasteiger charge is 2.10. The summed E-state index contributed by atoms with van der Waals surface area (Å²) in [6, 6.07) is 13.9. The summed E-state index contributed by atoms with van der Waals surface area (Å²) in [6.07, 6.45) is 1.56. The zero-order valence-electron chi connectivity index (χ0n) is 11.3. The van der Waals surface area contributed by atoms with Gasteiger partial charge in [0, 0.05) is 15.5 Å². The zero-order chi connectivity index (χ0) is 14.5. The second-order valence-electron chi connectivity index (χ2n) is 4.75. The highest BCUT2D eigenvalue weighted by Crippen LogP contribution is 2.24. The van der Waals surface area contributed by atoms with Crippen LogP contribution in [0.2, 0.25) is 5.02 Å². The molecule has 0 saturated heterocycles. The quantitative estimate of drug-likeness (QED) is 0.872. The lowest BCUT2D eigenvalue weighted by atomic mass is 9.99. The third kappa shape index (κ3) is 4.23. The third-order valence-electron chi connectivity index (χ3n) is 3.14. The molecule has 0 aliphatic heterocycles. The summed E-state index contributed by atoms with van der Waals surface area (Å²) in [6.45, 7) is 0. The second-order valence-corrected chi connectivity index (χ2v) is 6.10. The smallest absolute Gasteiger partial charge is 0.122 e. The topological polar surface area (TPSA) is 35.2 Å². The average molecular weight is 355 g/mol. The van der Waals surface area contributed by atoms with Crippen molar-refractivity contribution in [1.29, 1.82) is 0 Å². The molecule has 1 atom stereocenters. The minimum absolute atomic E-state index is 0.0311. The van der Waals surface area contributed by atoms with Crippen molar-refractivity contribution >= 4 is 27.5 Å². The van der Waals surface area contributed by atoms with Gasteiger partial charge >= 0.3 is 0 Å². The molecule has 0 fully saturated rings. The number of hydrogen-bond donors (Lipinski definition) is 1. The molecule has 2 nitrogen and oxygen atoms in total. The number of ether oxygens (including phenoxy) is 1. The Labute approximate surface area is 133 Å². The van der Waals surface area contributed by atoms with Crippen LogP contribution in [-0.4, -0.2) is 13.2 Å². The van der Waals surface area contributed by atoms with Crippen LogP contribution >= 0.6 is 27.5 Å². The van der Waals surface area contributed by atoms with Crippen LogP contribution in [0.4, 0.5) is 0 Å². The number of nitrogens with two attached hydrogens (primary N) is 1. The van der Waals surface area contributed by atoms with E-state index in [-0.39, 0.29) is 6.04 Å². The first-order valence-electron chi connectivity index (χ1n) is 6.41. The van der Waals surface area contributed by atoms with Gasteiger partial charge in [-0.25, -0.2) is 0 Å². The van der Waals surface area contributed by atoms with Gasteiger partial charge in [0.15, 0.2) is 0 Å². The van der Waals surface area contributed by atoms with Gasteiger partial charge < -0.3 is 10.5 Å². The molecule has 0 radical (unpaired) electrons. The molecular formula is C16H17BrClNO. The molecule has 4 heteroatoms. The summed E-state index contributed by atoms with van der Waals surface area (Å²) >= 11 is 9.46. The number of hydrogen-bond acceptors (Lipinski definition) is 2. The Bertz CT molecular complexity index is 571. The lowest BCUT2D eigenvalue weighted by Crippen LogP contribution is -2.25. The molecule has 0 amide bonds. The van der Waals surface area contributed by atoms with E-state index in [1.807, 2.05) is 30.3 Å². The first-order chi connectivity index (χ1) is 9.58. The lowest BCUT2D eigenvalue weighted by Gasteiger charge is -2.15. The summed E-state index contributed by atoms with van der Waals surface area (Å²) in [5.74, 6) is 0.834. The van der Waals surface area contributed by atoms with Crippen LogP contribution in [0.15, 0.2) is 46.9 Å². The van der Waals surface area contributed by atoms with Crippen LogP contribution in [0.3, 0.4) is 0 Å². The number of halogens is 2. The van der Waals surface area contributed by atoms with Gasteiger partial charge in [0.1, 0.15) is 5.75 Å². The van der Waals surface area contributed by atoms with E-state index in [0.717, 1.165) is 28.6 Å². The second kappa shape index (κ2) is 7.11. The van der Waals surface area contributed by atoms with Gasteiger partial charge in [-0.15, -0.1) is 0 Å². The Morgan fingerprint density at radius 1 is 1.15 bits per heavy atom. The molecule has 0 bridgehead atoms. The van der Waals surface area contributed by atoms with Crippen LogP contribution in [-0.2, 0) is 12.8 Å². The maximum absolute atomic E-state index is 6.24. The first-order valence-corrected chi connectivity index (χ1v) is 7.58. The Balaban J connectivity index is 2.05. The lowest BCUT2D eigenvalue weighted by molar-refractivity contribution is 0.408. The summed E-state index contributed by atoms with van der Waals surface area (Å²) in [5.41, 5.74) is 8.51. The maximum Gasteiger partial charge on any atom is 0.122 e. The number of methoxy groups -OCH3 is 1. The molecule has 0 spiro atoms. The van der Waals surface area contributed by atoms with Crippen LogP contribution < -0.4 is 10.5 Å². The van der Waals surface area contributed by atoms with Gasteiger partial charge in [0.25, 0.3) is 0 Å². The van der Waals surface area contributed by atoms with E-state index < -0.39 is 0 Å². The standard InChI is InChI=1S/C16H17BrClNO/c1-20-16-7-6-14(18)9-12(16)10-15(19)8-11-2-4-13(17)5-3-11/h2-7,9,15H,8,10,19H2,1H3. The minimum atomic E-state index is 0.0311. The zero-order valence-corrected chi connectivity index (χ0v) is 13.6. The van der Waals surface area contributed by atoms with E-state index in [1.54, 1.807) is 7.11 Å². The molecule has 2 rings (SSSR count). The van der Waals surface area contributed by atoms with Gasteiger partial charge in [-0.2, -0.15) is 0 Å². The van der Waals surface area contributed by atoms with Crippen molar-refractivity contribution in [2.75, 3.05) is 7.11 Å². The molecular weight excluding hydrogens is 338 g/mol. The van der Waals surface area contributed by atoms with Crippen LogP contribution in [0.25, 0.3) is 0 Å². The molecule has 0 saturated carbocycles. The fraction of sp³-hybridized carbons (Fsp3) is 0.250. The van der Waals surface area contributed by atoms with Gasteiger partial charge in [0.2, 0.25) is 0 Å². The van der Waals surface area contributed by atoms with Gasteiger partial charge in [0.05, 0.1) is 7.11 Å². The van der Waals surface area contributed by atoms with Crippen molar-refractivity contribution in [2.45, 2.75) is 18.9 Å². The molecule has 106 valence electrons. The largest absolute Gasteiger partial charge is 0.496 e.